The highest BCUT2D eigenvalue weighted by Crippen LogP contribution is 2.24. The van der Waals surface area contributed by atoms with Crippen LogP contribution in [0, 0.1) is 17.2 Å². The van der Waals surface area contributed by atoms with Crippen molar-refractivity contribution in [3.8, 4) is 6.07 Å². The average molecular weight is 314 g/mol. The summed E-state index contributed by atoms with van der Waals surface area (Å²) < 4.78 is 0. The van der Waals surface area contributed by atoms with Crippen molar-refractivity contribution >= 4 is 23.7 Å². The molecule has 1 amide bonds. The van der Waals surface area contributed by atoms with Crippen LogP contribution in [0.3, 0.4) is 0 Å². The molecule has 1 N–H and O–H groups in total. The molecule has 0 unspecified atom stereocenters. The van der Waals surface area contributed by atoms with Crippen LogP contribution in [0.1, 0.15) is 38.2 Å². The summed E-state index contributed by atoms with van der Waals surface area (Å²) >= 11 is 1.67. The van der Waals surface area contributed by atoms with Gasteiger partial charge in [-0.3, -0.25) is 4.79 Å². The minimum absolute atomic E-state index is 0.176. The molecule has 1 aliphatic carbocycles. The van der Waals surface area contributed by atoms with Crippen LogP contribution in [0.5, 0.6) is 0 Å². The van der Waals surface area contributed by atoms with E-state index in [1.807, 2.05) is 36.6 Å². The van der Waals surface area contributed by atoms with Crippen molar-refractivity contribution in [3.63, 3.8) is 0 Å². The third-order valence-electron chi connectivity index (χ3n) is 4.22. The minimum atomic E-state index is -0.254. The minimum Gasteiger partial charge on any atom is -0.348 e. The second-order valence-electron chi connectivity index (χ2n) is 5.78. The first-order valence-corrected chi connectivity index (χ1v) is 8.93. The third-order valence-corrected chi connectivity index (χ3v) is 4.96. The molecule has 0 aliphatic heterocycles. The van der Waals surface area contributed by atoms with Crippen LogP contribution in [-0.4, -0.2) is 18.2 Å². The molecule has 1 aliphatic rings. The van der Waals surface area contributed by atoms with Crippen LogP contribution in [-0.2, 0) is 4.79 Å². The Labute approximate surface area is 136 Å². The second kappa shape index (κ2) is 8.05. The number of nitrogens with zero attached hydrogens (tertiary/aromatic N) is 1. The van der Waals surface area contributed by atoms with Crippen LogP contribution in [0.25, 0.3) is 6.08 Å². The zero-order valence-electron chi connectivity index (χ0n) is 13.1. The molecule has 1 aromatic rings. The molecule has 1 aromatic carbocycles. The maximum absolute atomic E-state index is 12.3. The van der Waals surface area contributed by atoms with E-state index in [2.05, 4.69) is 12.2 Å². The van der Waals surface area contributed by atoms with Gasteiger partial charge in [0.15, 0.2) is 0 Å². The van der Waals surface area contributed by atoms with Crippen molar-refractivity contribution in [2.75, 3.05) is 6.26 Å². The number of amides is 1. The molecule has 2 rings (SSSR count). The first-order chi connectivity index (χ1) is 10.6. The molecule has 116 valence electrons. The van der Waals surface area contributed by atoms with E-state index in [0.29, 0.717) is 5.92 Å². The number of carbonyl (C=O) groups excluding carboxylic acids is 1. The summed E-state index contributed by atoms with van der Waals surface area (Å²) in [5.74, 6) is 0.230. The lowest BCUT2D eigenvalue weighted by atomic mass is 9.86. The molecule has 0 spiro atoms. The van der Waals surface area contributed by atoms with Gasteiger partial charge in [0, 0.05) is 10.9 Å². The van der Waals surface area contributed by atoms with Crippen molar-refractivity contribution in [1.29, 1.82) is 5.26 Å². The zero-order valence-corrected chi connectivity index (χ0v) is 14.0. The number of hydrogen-bond acceptors (Lipinski definition) is 3. The lowest BCUT2D eigenvalue weighted by Crippen LogP contribution is -2.41. The molecule has 2 atom stereocenters. The Morgan fingerprint density at radius 2 is 2.00 bits per heavy atom. The fourth-order valence-electron chi connectivity index (χ4n) is 2.79. The molecule has 22 heavy (non-hydrogen) atoms. The summed E-state index contributed by atoms with van der Waals surface area (Å²) in [4.78, 5) is 13.5. The summed E-state index contributed by atoms with van der Waals surface area (Å²) in [7, 11) is 0. The van der Waals surface area contributed by atoms with Gasteiger partial charge in [0.2, 0.25) is 0 Å². The largest absolute Gasteiger partial charge is 0.348 e. The molecule has 4 heteroatoms. The Morgan fingerprint density at radius 3 is 2.59 bits per heavy atom. The van der Waals surface area contributed by atoms with Gasteiger partial charge in [-0.1, -0.05) is 31.9 Å². The van der Waals surface area contributed by atoms with Crippen LogP contribution in [0.15, 0.2) is 34.7 Å². The maximum atomic E-state index is 12.3. The predicted octanol–water partition coefficient (Wildman–Crippen LogP) is 4.01. The number of rotatable bonds is 4. The normalized spacial score (nSPS) is 22.0. The standard InChI is InChI=1S/C18H22N2OS/c1-13-5-3-4-6-17(13)20-18(21)15(12-19)11-14-7-9-16(22-2)10-8-14/h7-11,13,17H,3-6H2,1-2H3,(H,20,21)/b15-11+/t13-,17-/m1/s1. The van der Waals surface area contributed by atoms with Crippen LogP contribution in [0.4, 0.5) is 0 Å². The molecule has 0 bridgehead atoms. The summed E-state index contributed by atoms with van der Waals surface area (Å²) in [5, 5.41) is 12.3. The monoisotopic (exact) mass is 314 g/mol. The summed E-state index contributed by atoms with van der Waals surface area (Å²) in [6.07, 6.45) is 8.21. The first kappa shape index (κ1) is 16.6. The molecule has 1 saturated carbocycles. The van der Waals surface area contributed by atoms with Gasteiger partial charge in [0.25, 0.3) is 5.91 Å². The van der Waals surface area contributed by atoms with E-state index in [9.17, 15) is 10.1 Å². The van der Waals surface area contributed by atoms with Gasteiger partial charge in [-0.2, -0.15) is 5.26 Å². The Morgan fingerprint density at radius 1 is 1.32 bits per heavy atom. The van der Waals surface area contributed by atoms with Gasteiger partial charge in [0.1, 0.15) is 11.6 Å². The summed E-state index contributed by atoms with van der Waals surface area (Å²) in [5.41, 5.74) is 1.05. The lowest BCUT2D eigenvalue weighted by molar-refractivity contribution is -0.118. The smallest absolute Gasteiger partial charge is 0.262 e. The highest BCUT2D eigenvalue weighted by molar-refractivity contribution is 7.98. The van der Waals surface area contributed by atoms with E-state index in [1.165, 1.54) is 6.42 Å². The van der Waals surface area contributed by atoms with E-state index in [4.69, 9.17) is 0 Å². The molecule has 0 aromatic heterocycles. The maximum Gasteiger partial charge on any atom is 0.262 e. The Hall–Kier alpha value is -1.73. The molecular weight excluding hydrogens is 292 g/mol. The van der Waals surface area contributed by atoms with Crippen molar-refractivity contribution < 1.29 is 4.79 Å². The van der Waals surface area contributed by atoms with Gasteiger partial charge in [-0.25, -0.2) is 0 Å². The van der Waals surface area contributed by atoms with Crippen LogP contribution >= 0.6 is 11.8 Å². The van der Waals surface area contributed by atoms with Gasteiger partial charge in [0.05, 0.1) is 0 Å². The highest BCUT2D eigenvalue weighted by atomic mass is 32.2. The van der Waals surface area contributed by atoms with E-state index in [1.54, 1.807) is 17.8 Å². The Balaban J connectivity index is 2.07. The average Bonchev–Trinajstić information content (AvgIpc) is 2.55. The quantitative estimate of drug-likeness (QED) is 0.519. The predicted molar refractivity (Wildman–Crippen MR) is 91.4 cm³/mol. The second-order valence-corrected chi connectivity index (χ2v) is 6.66. The molecular formula is C18H22N2OS. The van der Waals surface area contributed by atoms with E-state index in [0.717, 1.165) is 29.7 Å². The first-order valence-electron chi connectivity index (χ1n) is 7.70. The number of thioether (sulfide) groups is 1. The molecule has 0 radical (unpaired) electrons. The highest BCUT2D eigenvalue weighted by Gasteiger charge is 2.23. The third kappa shape index (κ3) is 4.38. The van der Waals surface area contributed by atoms with Crippen molar-refractivity contribution in [1.82, 2.24) is 5.32 Å². The number of hydrogen-bond donors (Lipinski definition) is 1. The fraction of sp³-hybridized carbons (Fsp3) is 0.444. The van der Waals surface area contributed by atoms with E-state index < -0.39 is 0 Å². The number of nitrogens with one attached hydrogen (secondary N) is 1. The van der Waals surface area contributed by atoms with Gasteiger partial charge in [-0.05, 0) is 48.8 Å². The Bertz CT molecular complexity index is 586. The summed E-state index contributed by atoms with van der Waals surface area (Å²) in [6.45, 7) is 2.17. The molecule has 3 nitrogen and oxygen atoms in total. The number of carbonyl (C=O) groups is 1. The van der Waals surface area contributed by atoms with Crippen molar-refractivity contribution in [2.45, 2.75) is 43.5 Å². The van der Waals surface area contributed by atoms with Crippen LogP contribution < -0.4 is 5.32 Å². The van der Waals surface area contributed by atoms with Gasteiger partial charge >= 0.3 is 0 Å². The zero-order chi connectivity index (χ0) is 15.9. The van der Waals surface area contributed by atoms with Gasteiger partial charge in [-0.15, -0.1) is 11.8 Å². The molecule has 0 saturated heterocycles. The molecule has 1 fully saturated rings. The van der Waals surface area contributed by atoms with E-state index >= 15 is 0 Å². The topological polar surface area (TPSA) is 52.9 Å². The van der Waals surface area contributed by atoms with Crippen molar-refractivity contribution in [3.05, 3.63) is 35.4 Å². The van der Waals surface area contributed by atoms with Crippen LogP contribution in [0.2, 0.25) is 0 Å². The van der Waals surface area contributed by atoms with Gasteiger partial charge < -0.3 is 5.32 Å². The van der Waals surface area contributed by atoms with E-state index in [-0.39, 0.29) is 17.5 Å². The molecule has 0 heterocycles. The Kier molecular flexibility index (Phi) is 6.09. The number of nitriles is 1. The lowest BCUT2D eigenvalue weighted by Gasteiger charge is -2.29. The number of benzene rings is 1. The van der Waals surface area contributed by atoms with Crippen molar-refractivity contribution in [2.24, 2.45) is 5.92 Å². The summed E-state index contributed by atoms with van der Waals surface area (Å²) in [6, 6.07) is 10.1. The SMILES string of the molecule is CSc1ccc(/C=C(\C#N)C(=O)N[C@@H]2CCCC[C@H]2C)cc1. The fourth-order valence-corrected chi connectivity index (χ4v) is 3.20.